The molecule has 0 aliphatic heterocycles. The van der Waals surface area contributed by atoms with Crippen molar-refractivity contribution >= 4 is 91.0 Å². The second-order valence-electron chi connectivity index (χ2n) is 1.22. The molecule has 17 heteroatoms. The van der Waals surface area contributed by atoms with E-state index in [1.807, 2.05) is 0 Å². The second kappa shape index (κ2) is 12.4. The van der Waals surface area contributed by atoms with Crippen LogP contribution in [0.2, 0.25) is 0 Å². The van der Waals surface area contributed by atoms with Crippen molar-refractivity contribution in [1.82, 2.24) is 0 Å². The molecule has 0 saturated carbocycles. The van der Waals surface area contributed by atoms with Crippen molar-refractivity contribution in [3.05, 3.63) is 0 Å². The van der Waals surface area contributed by atoms with Gasteiger partial charge in [0.25, 0.3) is 0 Å². The number of hydrogen-bond donors (Lipinski definition) is 0. The summed E-state index contributed by atoms with van der Waals surface area (Å²) < 4.78 is 102. The van der Waals surface area contributed by atoms with E-state index in [1.165, 1.54) is 0 Å². The van der Waals surface area contributed by atoms with Gasteiger partial charge in [0, 0.05) is 31.2 Å². The maximum Gasteiger partial charge on any atom is 4.00 e. The van der Waals surface area contributed by atoms with Crippen molar-refractivity contribution in [2.75, 3.05) is 0 Å². The standard InChI is InChI=1S/Ba.3H2O4S.Si/c;3*1-5(2,3)4;/h;3*(H2,1,2,3,4);/q+2;;;;+4/p-6. The summed E-state index contributed by atoms with van der Waals surface area (Å²) in [5.74, 6) is 0. The van der Waals surface area contributed by atoms with Gasteiger partial charge < -0.3 is 27.3 Å². The molecular formula is BaO12S3Si. The van der Waals surface area contributed by atoms with Crippen LogP contribution in [0, 0.1) is 0 Å². The van der Waals surface area contributed by atoms with Crippen LogP contribution < -0.4 is 0 Å². The van der Waals surface area contributed by atoms with Gasteiger partial charge in [-0.05, 0) is 0 Å². The minimum atomic E-state index is -5.17. The third-order valence-electron chi connectivity index (χ3n) is 0. The molecule has 0 fully saturated rings. The Labute approximate surface area is 142 Å². The van der Waals surface area contributed by atoms with Crippen molar-refractivity contribution < 1.29 is 52.6 Å². The molecule has 0 aliphatic carbocycles. The Bertz CT molecular complexity index is 343. The minimum absolute atomic E-state index is 0. The average Bonchev–Trinajstić information content (AvgIpc) is 1.41. The van der Waals surface area contributed by atoms with Crippen molar-refractivity contribution in [3.63, 3.8) is 0 Å². The number of rotatable bonds is 0. The summed E-state index contributed by atoms with van der Waals surface area (Å²) in [6.07, 6.45) is 0. The van der Waals surface area contributed by atoms with Crippen LogP contribution in [-0.4, -0.2) is 112 Å². The van der Waals surface area contributed by atoms with Gasteiger partial charge in [-0.15, -0.1) is 0 Å². The van der Waals surface area contributed by atoms with Crippen LogP contribution in [-0.2, 0) is 31.2 Å². The first-order valence-electron chi connectivity index (χ1n) is 2.00. The van der Waals surface area contributed by atoms with Crippen LogP contribution in [0.1, 0.15) is 0 Å². The third-order valence-corrected chi connectivity index (χ3v) is 0. The summed E-state index contributed by atoms with van der Waals surface area (Å²) in [5, 5.41) is 0. The van der Waals surface area contributed by atoms with Gasteiger partial charge in [-0.2, -0.15) is 0 Å². The average molecular weight is 454 g/mol. The Kier molecular flexibility index (Phi) is 22.7. The topological polar surface area (TPSA) is 241 Å². The largest absolute Gasteiger partial charge is 4.00 e. The summed E-state index contributed by atoms with van der Waals surface area (Å²) in [7, 11) is -15.5. The molecule has 17 heavy (non-hydrogen) atoms. The van der Waals surface area contributed by atoms with E-state index in [4.69, 9.17) is 52.6 Å². The molecule has 0 bridgehead atoms. The Balaban J connectivity index is -0.0000000400. The van der Waals surface area contributed by atoms with Crippen LogP contribution in [0.15, 0.2) is 0 Å². The molecule has 0 aliphatic rings. The van der Waals surface area contributed by atoms with Crippen LogP contribution >= 0.6 is 0 Å². The SMILES string of the molecule is O=S(=O)([O-])[O-].O=S(=O)([O-])[O-].O=S(=O)([O-])[O-].[Ba+2].[Si+4]. The van der Waals surface area contributed by atoms with E-state index in [2.05, 4.69) is 0 Å². The zero-order chi connectivity index (χ0) is 13.5. The van der Waals surface area contributed by atoms with Gasteiger partial charge in [0.2, 0.25) is 0 Å². The van der Waals surface area contributed by atoms with Crippen molar-refractivity contribution in [3.8, 4) is 0 Å². The fourth-order valence-corrected chi connectivity index (χ4v) is 0. The fraction of sp³-hybridized carbons (Fsp3) is 0. The van der Waals surface area contributed by atoms with Gasteiger partial charge >= 0.3 is 59.8 Å². The zero-order valence-electron chi connectivity index (χ0n) is 7.33. The van der Waals surface area contributed by atoms with Crippen molar-refractivity contribution in [2.24, 2.45) is 0 Å². The van der Waals surface area contributed by atoms with Crippen LogP contribution in [0.4, 0.5) is 0 Å². The predicted octanol–water partition coefficient (Wildman–Crippen LogP) is -4.78. The monoisotopic (exact) mass is 454 g/mol. The van der Waals surface area contributed by atoms with E-state index in [0.29, 0.717) is 0 Å². The number of hydrogen-bond acceptors (Lipinski definition) is 12. The molecule has 0 N–H and O–H groups in total. The molecule has 0 spiro atoms. The van der Waals surface area contributed by atoms with Crippen molar-refractivity contribution in [2.45, 2.75) is 0 Å². The maximum absolute atomic E-state index is 8.52. The summed E-state index contributed by atoms with van der Waals surface area (Å²) in [6, 6.07) is 0. The normalized spacial score (nSPS) is 10.2. The first-order chi connectivity index (χ1) is 6.00. The molecule has 96 valence electrons. The van der Waals surface area contributed by atoms with Gasteiger partial charge in [0.05, 0.1) is 0 Å². The molecule has 0 radical (unpaired) electrons. The molecule has 0 saturated heterocycles. The van der Waals surface area contributed by atoms with Crippen LogP contribution in [0.5, 0.6) is 0 Å². The van der Waals surface area contributed by atoms with E-state index in [1.54, 1.807) is 0 Å². The zero-order valence-corrected chi connectivity index (χ0v) is 15.2. The van der Waals surface area contributed by atoms with E-state index >= 15 is 0 Å². The van der Waals surface area contributed by atoms with Gasteiger partial charge in [0.1, 0.15) is 0 Å². The molecule has 0 unspecified atom stereocenters. The van der Waals surface area contributed by atoms with E-state index in [-0.39, 0.29) is 59.8 Å². The Morgan fingerprint density at radius 1 is 0.471 bits per heavy atom. The minimum Gasteiger partial charge on any atom is -0.759 e. The molecule has 0 aromatic heterocycles. The van der Waals surface area contributed by atoms with Crippen LogP contribution in [0.3, 0.4) is 0 Å². The third kappa shape index (κ3) is 2110. The van der Waals surface area contributed by atoms with Gasteiger partial charge in [-0.25, -0.2) is 0 Å². The van der Waals surface area contributed by atoms with Gasteiger partial charge in [-0.1, -0.05) is 0 Å². The summed E-state index contributed by atoms with van der Waals surface area (Å²) in [4.78, 5) is 0. The second-order valence-corrected chi connectivity index (χ2v) is 3.67. The maximum atomic E-state index is 8.52. The first-order valence-corrected chi connectivity index (χ1v) is 6.00. The molecule has 12 nitrogen and oxygen atoms in total. The predicted molar refractivity (Wildman–Crippen MR) is 42.9 cm³/mol. The van der Waals surface area contributed by atoms with Crippen LogP contribution in [0.25, 0.3) is 0 Å². The molecule has 0 heterocycles. The molecule has 0 atom stereocenters. The molecule has 0 rings (SSSR count). The Hall–Kier alpha value is 1.40. The molecular weight excluding hydrogens is 454 g/mol. The van der Waals surface area contributed by atoms with E-state index < -0.39 is 31.2 Å². The van der Waals surface area contributed by atoms with E-state index in [9.17, 15) is 0 Å². The Morgan fingerprint density at radius 2 is 0.471 bits per heavy atom. The summed E-state index contributed by atoms with van der Waals surface area (Å²) in [6.45, 7) is 0. The summed E-state index contributed by atoms with van der Waals surface area (Å²) in [5.41, 5.74) is 0. The smallest absolute Gasteiger partial charge is 0.759 e. The molecule has 0 amide bonds. The fourth-order valence-electron chi connectivity index (χ4n) is 0. The Morgan fingerprint density at radius 3 is 0.471 bits per heavy atom. The van der Waals surface area contributed by atoms with E-state index in [0.717, 1.165) is 0 Å². The van der Waals surface area contributed by atoms with Gasteiger partial charge in [-0.3, -0.25) is 25.3 Å². The van der Waals surface area contributed by atoms with Gasteiger partial charge in [0.15, 0.2) is 0 Å². The molecule has 0 aromatic rings. The quantitative estimate of drug-likeness (QED) is 0.190. The molecule has 0 aromatic carbocycles. The van der Waals surface area contributed by atoms with Crippen molar-refractivity contribution in [1.29, 1.82) is 0 Å². The summed E-state index contributed by atoms with van der Waals surface area (Å²) >= 11 is 0. The first kappa shape index (κ1) is 31.0.